The molecule has 6 nitrogen and oxygen atoms in total. The fraction of sp³-hybridized carbons (Fsp3) is 0.235. The summed E-state index contributed by atoms with van der Waals surface area (Å²) in [5.41, 5.74) is -0.131. The second-order valence-electron chi connectivity index (χ2n) is 4.99. The third-order valence-electron chi connectivity index (χ3n) is 2.91. The maximum Gasteiger partial charge on any atom is 0.338 e. The summed E-state index contributed by atoms with van der Waals surface area (Å²) in [6.45, 7) is 6.83. The lowest BCUT2D eigenvalue weighted by molar-refractivity contribution is -0.135. The van der Waals surface area contributed by atoms with Crippen LogP contribution in [0.25, 0.3) is 11.0 Å². The third kappa shape index (κ3) is 4.06. The molecule has 0 atom stereocenters. The second-order valence-corrected chi connectivity index (χ2v) is 4.99. The number of hydrogen-bond acceptors (Lipinski definition) is 6. The number of carbonyl (C=O) groups is 2. The number of hydrogen-bond donors (Lipinski definition) is 0. The molecule has 1 aromatic heterocycles. The topological polar surface area (TPSA) is 82.8 Å². The molecule has 23 heavy (non-hydrogen) atoms. The minimum absolute atomic E-state index is 0.00990. The van der Waals surface area contributed by atoms with Crippen molar-refractivity contribution < 1.29 is 23.5 Å². The van der Waals surface area contributed by atoms with Crippen LogP contribution in [0.15, 0.2) is 45.6 Å². The second kappa shape index (κ2) is 6.91. The van der Waals surface area contributed by atoms with Crippen LogP contribution in [0, 0.1) is 0 Å². The first-order valence-corrected chi connectivity index (χ1v) is 7.07. The van der Waals surface area contributed by atoms with Crippen LogP contribution in [0.2, 0.25) is 0 Å². The van der Waals surface area contributed by atoms with Crippen LogP contribution in [-0.4, -0.2) is 11.9 Å². The van der Waals surface area contributed by atoms with Crippen molar-refractivity contribution in [2.45, 2.75) is 26.7 Å². The Morgan fingerprint density at radius 1 is 1.17 bits per heavy atom. The molecule has 2 rings (SSSR count). The maximum absolute atomic E-state index is 11.7. The molecule has 0 spiro atoms. The van der Waals surface area contributed by atoms with Crippen LogP contribution in [0.4, 0.5) is 0 Å². The van der Waals surface area contributed by atoms with Gasteiger partial charge >= 0.3 is 17.6 Å². The van der Waals surface area contributed by atoms with Crippen molar-refractivity contribution >= 4 is 22.9 Å². The molecule has 0 amide bonds. The Hall–Kier alpha value is -2.89. The quantitative estimate of drug-likeness (QED) is 0.365. The van der Waals surface area contributed by atoms with Gasteiger partial charge in [0, 0.05) is 29.5 Å². The Balaban J connectivity index is 2.49. The number of benzene rings is 1. The molecule has 0 aliphatic heterocycles. The van der Waals surface area contributed by atoms with Crippen molar-refractivity contribution in [3.8, 4) is 11.5 Å². The van der Waals surface area contributed by atoms with E-state index in [4.69, 9.17) is 13.9 Å². The highest BCUT2D eigenvalue weighted by molar-refractivity contribution is 5.91. The van der Waals surface area contributed by atoms with E-state index in [2.05, 4.69) is 6.58 Å². The molecule has 0 saturated carbocycles. The van der Waals surface area contributed by atoms with Crippen molar-refractivity contribution in [2.24, 2.45) is 0 Å². The third-order valence-corrected chi connectivity index (χ3v) is 2.91. The summed E-state index contributed by atoms with van der Waals surface area (Å²) in [7, 11) is 0. The van der Waals surface area contributed by atoms with E-state index >= 15 is 0 Å². The first-order valence-electron chi connectivity index (χ1n) is 7.07. The lowest BCUT2D eigenvalue weighted by Crippen LogP contribution is -2.12. The van der Waals surface area contributed by atoms with Gasteiger partial charge in [-0.3, -0.25) is 4.79 Å². The fourth-order valence-electron chi connectivity index (χ4n) is 1.80. The van der Waals surface area contributed by atoms with Gasteiger partial charge in [-0.1, -0.05) is 13.5 Å². The largest absolute Gasteiger partial charge is 0.423 e. The summed E-state index contributed by atoms with van der Waals surface area (Å²) in [6.07, 6.45) is 0.859. The van der Waals surface area contributed by atoms with Crippen molar-refractivity contribution in [3.63, 3.8) is 0 Å². The maximum atomic E-state index is 11.7. The summed E-state index contributed by atoms with van der Waals surface area (Å²) >= 11 is 0. The molecule has 2 aromatic rings. The Labute approximate surface area is 132 Å². The molecular formula is C17H16O6. The van der Waals surface area contributed by atoms with E-state index in [9.17, 15) is 14.4 Å². The summed E-state index contributed by atoms with van der Waals surface area (Å²) in [6, 6.07) is 5.60. The molecule has 0 radical (unpaired) electrons. The SMILES string of the molecule is C=C(C)C(=O)Oc1cc2oc(=O)ccc2cc1OC(=O)CCC. The summed E-state index contributed by atoms with van der Waals surface area (Å²) in [5, 5.41) is 0.541. The fourth-order valence-corrected chi connectivity index (χ4v) is 1.80. The van der Waals surface area contributed by atoms with Crippen LogP contribution in [0.5, 0.6) is 11.5 Å². The van der Waals surface area contributed by atoms with Gasteiger partial charge in [0.25, 0.3) is 0 Å². The Morgan fingerprint density at radius 2 is 1.87 bits per heavy atom. The zero-order chi connectivity index (χ0) is 17.0. The molecule has 0 aliphatic rings. The molecule has 1 aromatic carbocycles. The number of ether oxygens (including phenoxy) is 2. The summed E-state index contributed by atoms with van der Waals surface area (Å²) in [4.78, 5) is 34.7. The van der Waals surface area contributed by atoms with Gasteiger partial charge in [0.15, 0.2) is 11.5 Å². The van der Waals surface area contributed by atoms with Gasteiger partial charge in [-0.05, 0) is 25.5 Å². The van der Waals surface area contributed by atoms with E-state index < -0.39 is 17.6 Å². The van der Waals surface area contributed by atoms with E-state index in [0.29, 0.717) is 11.8 Å². The molecule has 6 heteroatoms. The van der Waals surface area contributed by atoms with E-state index in [1.165, 1.54) is 31.2 Å². The van der Waals surface area contributed by atoms with Gasteiger partial charge in [-0.2, -0.15) is 0 Å². The zero-order valence-electron chi connectivity index (χ0n) is 12.9. The van der Waals surface area contributed by atoms with Crippen LogP contribution in [0.3, 0.4) is 0 Å². The first kappa shape index (κ1) is 16.5. The lowest BCUT2D eigenvalue weighted by atomic mass is 10.2. The van der Waals surface area contributed by atoms with Gasteiger partial charge in [-0.25, -0.2) is 9.59 Å². The van der Waals surface area contributed by atoms with E-state index in [0.717, 1.165) is 0 Å². The monoisotopic (exact) mass is 316 g/mol. The zero-order valence-corrected chi connectivity index (χ0v) is 12.9. The van der Waals surface area contributed by atoms with Crippen LogP contribution in [0.1, 0.15) is 26.7 Å². The van der Waals surface area contributed by atoms with E-state index in [1.54, 1.807) is 0 Å². The van der Waals surface area contributed by atoms with Gasteiger partial charge in [0.05, 0.1) is 0 Å². The average Bonchev–Trinajstić information content (AvgIpc) is 2.48. The number of carbonyl (C=O) groups excluding carboxylic acids is 2. The van der Waals surface area contributed by atoms with Crippen molar-refractivity contribution in [1.82, 2.24) is 0 Å². The van der Waals surface area contributed by atoms with Crippen molar-refractivity contribution in [2.75, 3.05) is 0 Å². The van der Waals surface area contributed by atoms with Crippen molar-refractivity contribution in [3.05, 3.63) is 46.8 Å². The summed E-state index contributed by atoms with van der Waals surface area (Å²) in [5.74, 6) is -1.05. The number of esters is 2. The highest BCUT2D eigenvalue weighted by Gasteiger charge is 2.16. The molecule has 120 valence electrons. The van der Waals surface area contributed by atoms with Gasteiger partial charge in [0.2, 0.25) is 0 Å². The first-order chi connectivity index (χ1) is 10.9. The van der Waals surface area contributed by atoms with E-state index in [1.807, 2.05) is 6.92 Å². The minimum Gasteiger partial charge on any atom is -0.423 e. The predicted octanol–water partition coefficient (Wildman–Crippen LogP) is 2.98. The minimum atomic E-state index is -0.671. The smallest absolute Gasteiger partial charge is 0.338 e. The van der Waals surface area contributed by atoms with Crippen LogP contribution >= 0.6 is 0 Å². The molecule has 0 fully saturated rings. The highest BCUT2D eigenvalue weighted by atomic mass is 16.6. The lowest BCUT2D eigenvalue weighted by Gasteiger charge is -2.11. The molecule has 0 saturated heterocycles. The summed E-state index contributed by atoms with van der Waals surface area (Å²) < 4.78 is 15.4. The Kier molecular flexibility index (Phi) is 4.95. The van der Waals surface area contributed by atoms with Gasteiger partial charge < -0.3 is 13.9 Å². The Bertz CT molecular complexity index is 831. The molecular weight excluding hydrogens is 300 g/mol. The standard InChI is InChI=1S/C17H16O6/c1-4-5-15(18)22-13-8-11-6-7-16(19)21-12(11)9-14(13)23-17(20)10(2)3/h6-9H,2,4-5H2,1,3H3. The normalized spacial score (nSPS) is 10.3. The average molecular weight is 316 g/mol. The molecule has 0 aliphatic carbocycles. The van der Waals surface area contributed by atoms with E-state index in [-0.39, 0.29) is 29.1 Å². The number of fused-ring (bicyclic) bond motifs is 1. The highest BCUT2D eigenvalue weighted by Crippen LogP contribution is 2.33. The van der Waals surface area contributed by atoms with Crippen molar-refractivity contribution in [1.29, 1.82) is 0 Å². The van der Waals surface area contributed by atoms with Gasteiger partial charge in [-0.15, -0.1) is 0 Å². The predicted molar refractivity (Wildman–Crippen MR) is 83.5 cm³/mol. The molecule has 0 bridgehead atoms. The Morgan fingerprint density at radius 3 is 2.52 bits per heavy atom. The van der Waals surface area contributed by atoms with Crippen LogP contribution in [-0.2, 0) is 9.59 Å². The number of rotatable bonds is 5. The van der Waals surface area contributed by atoms with Gasteiger partial charge in [0.1, 0.15) is 5.58 Å². The molecule has 1 heterocycles. The molecule has 0 unspecified atom stereocenters. The molecule has 0 N–H and O–H groups in total. The van der Waals surface area contributed by atoms with Crippen LogP contribution < -0.4 is 15.1 Å².